The van der Waals surface area contributed by atoms with Gasteiger partial charge >= 0.3 is 0 Å². The molecule has 33 heavy (non-hydrogen) atoms. The second kappa shape index (κ2) is 11.0. The van der Waals surface area contributed by atoms with Crippen molar-refractivity contribution in [1.29, 1.82) is 0 Å². The van der Waals surface area contributed by atoms with Crippen LogP contribution in [0.25, 0.3) is 0 Å². The number of nitro benzene ring substituents is 1. The lowest BCUT2D eigenvalue weighted by molar-refractivity contribution is -0.384. The van der Waals surface area contributed by atoms with Crippen molar-refractivity contribution >= 4 is 23.5 Å². The highest BCUT2D eigenvalue weighted by Crippen LogP contribution is 2.25. The predicted molar refractivity (Wildman–Crippen MR) is 124 cm³/mol. The van der Waals surface area contributed by atoms with Crippen LogP contribution in [-0.4, -0.2) is 74.6 Å². The first-order chi connectivity index (χ1) is 16.1. The molecule has 2 aromatic rings. The number of anilines is 1. The van der Waals surface area contributed by atoms with E-state index >= 15 is 0 Å². The van der Waals surface area contributed by atoms with Crippen molar-refractivity contribution in [3.8, 4) is 0 Å². The average molecular weight is 453 g/mol. The van der Waals surface area contributed by atoms with Gasteiger partial charge in [-0.2, -0.15) is 5.10 Å². The zero-order valence-electron chi connectivity index (χ0n) is 18.3. The first-order valence-corrected chi connectivity index (χ1v) is 10.9. The molecule has 174 valence electrons. The van der Waals surface area contributed by atoms with Crippen LogP contribution in [0.2, 0.25) is 0 Å². The summed E-state index contributed by atoms with van der Waals surface area (Å²) in [4.78, 5) is 27.7. The number of hydrogen-bond donors (Lipinski definition) is 1. The van der Waals surface area contributed by atoms with E-state index in [0.29, 0.717) is 37.4 Å². The Bertz CT molecular complexity index is 999. The van der Waals surface area contributed by atoms with Crippen LogP contribution < -0.4 is 10.3 Å². The van der Waals surface area contributed by atoms with E-state index in [1.165, 1.54) is 18.3 Å². The summed E-state index contributed by atoms with van der Waals surface area (Å²) in [6, 6.07) is 12.1. The van der Waals surface area contributed by atoms with Crippen LogP contribution in [0, 0.1) is 10.1 Å². The fourth-order valence-electron chi connectivity index (χ4n) is 3.86. The van der Waals surface area contributed by atoms with Crippen LogP contribution in [0.4, 0.5) is 11.4 Å². The minimum atomic E-state index is -0.447. The van der Waals surface area contributed by atoms with Crippen LogP contribution in [0.5, 0.6) is 0 Å². The molecule has 10 heteroatoms. The lowest BCUT2D eigenvalue weighted by Crippen LogP contribution is -2.36. The Morgan fingerprint density at radius 1 is 1.03 bits per heavy atom. The molecule has 0 radical (unpaired) electrons. The van der Waals surface area contributed by atoms with E-state index in [0.717, 1.165) is 44.1 Å². The topological polar surface area (TPSA) is 110 Å². The predicted octanol–water partition coefficient (Wildman–Crippen LogP) is 2.03. The zero-order chi connectivity index (χ0) is 23.0. The van der Waals surface area contributed by atoms with Crippen LogP contribution in [0.15, 0.2) is 47.6 Å². The molecule has 2 heterocycles. The van der Waals surface area contributed by atoms with E-state index in [-0.39, 0.29) is 11.6 Å². The number of non-ortho nitro benzene ring substituents is 1. The minimum absolute atomic E-state index is 0.0318. The van der Waals surface area contributed by atoms with Gasteiger partial charge in [-0.15, -0.1) is 0 Å². The van der Waals surface area contributed by atoms with Gasteiger partial charge in [-0.25, -0.2) is 5.43 Å². The SMILES string of the molecule is O=C(N/N=C\c1cc([N+](=O)[O-])ccc1N1CCOCC1)c1ccc(CN2CCOCC2)cc1. The highest BCUT2D eigenvalue weighted by Gasteiger charge is 2.17. The molecule has 10 nitrogen and oxygen atoms in total. The molecule has 2 saturated heterocycles. The van der Waals surface area contributed by atoms with Crippen molar-refractivity contribution in [3.05, 3.63) is 69.3 Å². The Hall–Kier alpha value is -3.34. The van der Waals surface area contributed by atoms with E-state index in [4.69, 9.17) is 9.47 Å². The number of benzene rings is 2. The summed E-state index contributed by atoms with van der Waals surface area (Å²) >= 11 is 0. The summed E-state index contributed by atoms with van der Waals surface area (Å²) in [6.45, 7) is 6.66. The average Bonchev–Trinajstić information content (AvgIpc) is 2.85. The smallest absolute Gasteiger partial charge is 0.271 e. The molecule has 0 aromatic heterocycles. The standard InChI is InChI=1S/C23H27N5O5/c29-23(19-3-1-18(2-4-19)17-26-7-11-32-12-8-26)25-24-16-20-15-21(28(30)31)5-6-22(20)27-9-13-33-14-10-27/h1-6,15-16H,7-14,17H2,(H,25,29)/b24-16-. The number of ether oxygens (including phenoxy) is 2. The van der Waals surface area contributed by atoms with Crippen LogP contribution in [0.3, 0.4) is 0 Å². The first kappa shape index (κ1) is 22.8. The van der Waals surface area contributed by atoms with Gasteiger partial charge in [0.1, 0.15) is 0 Å². The highest BCUT2D eigenvalue weighted by atomic mass is 16.6. The largest absolute Gasteiger partial charge is 0.379 e. The third kappa shape index (κ3) is 6.13. The van der Waals surface area contributed by atoms with Crippen molar-refractivity contribution < 1.29 is 19.2 Å². The Morgan fingerprint density at radius 3 is 2.36 bits per heavy atom. The first-order valence-electron chi connectivity index (χ1n) is 10.9. The molecule has 2 aliphatic rings. The summed E-state index contributed by atoms with van der Waals surface area (Å²) in [5, 5.41) is 15.3. The molecule has 1 amide bonds. The van der Waals surface area contributed by atoms with Gasteiger partial charge in [0.05, 0.1) is 37.6 Å². The number of carbonyl (C=O) groups is 1. The number of hydrazone groups is 1. The minimum Gasteiger partial charge on any atom is -0.379 e. The number of nitrogens with one attached hydrogen (secondary N) is 1. The maximum Gasteiger partial charge on any atom is 0.271 e. The van der Waals surface area contributed by atoms with Crippen molar-refractivity contribution in [2.24, 2.45) is 5.10 Å². The van der Waals surface area contributed by atoms with Gasteiger partial charge in [-0.3, -0.25) is 19.8 Å². The fraction of sp³-hybridized carbons (Fsp3) is 0.391. The number of nitro groups is 1. The molecule has 0 saturated carbocycles. The second-order valence-corrected chi connectivity index (χ2v) is 7.88. The van der Waals surface area contributed by atoms with Gasteiger partial charge in [0, 0.05) is 61.7 Å². The molecule has 4 rings (SSSR count). The number of morpholine rings is 2. The maximum atomic E-state index is 12.5. The summed E-state index contributed by atoms with van der Waals surface area (Å²) in [5.41, 5.74) is 5.48. The summed E-state index contributed by atoms with van der Waals surface area (Å²) < 4.78 is 10.8. The molecule has 0 spiro atoms. The number of nitrogens with zero attached hydrogens (tertiary/aromatic N) is 4. The third-order valence-corrected chi connectivity index (χ3v) is 5.67. The number of amides is 1. The van der Waals surface area contributed by atoms with Gasteiger partial charge in [0.2, 0.25) is 0 Å². The molecule has 0 atom stereocenters. The van der Waals surface area contributed by atoms with Gasteiger partial charge in [0.25, 0.3) is 11.6 Å². The van der Waals surface area contributed by atoms with Gasteiger partial charge in [-0.05, 0) is 23.8 Å². The van der Waals surface area contributed by atoms with Crippen molar-refractivity contribution in [3.63, 3.8) is 0 Å². The highest BCUT2D eigenvalue weighted by molar-refractivity contribution is 5.95. The lowest BCUT2D eigenvalue weighted by atomic mass is 10.1. The number of hydrogen-bond acceptors (Lipinski definition) is 8. The molecule has 0 unspecified atom stereocenters. The summed E-state index contributed by atoms with van der Waals surface area (Å²) in [7, 11) is 0. The Labute approximate surface area is 191 Å². The van der Waals surface area contributed by atoms with E-state index < -0.39 is 4.92 Å². The molecule has 1 N–H and O–H groups in total. The molecule has 2 aromatic carbocycles. The van der Waals surface area contributed by atoms with Crippen molar-refractivity contribution in [2.75, 3.05) is 57.5 Å². The number of carbonyl (C=O) groups excluding carboxylic acids is 1. The molecule has 0 bridgehead atoms. The lowest BCUT2D eigenvalue weighted by Gasteiger charge is -2.29. The van der Waals surface area contributed by atoms with Gasteiger partial charge < -0.3 is 14.4 Å². The molecule has 2 fully saturated rings. The third-order valence-electron chi connectivity index (χ3n) is 5.67. The van der Waals surface area contributed by atoms with Crippen molar-refractivity contribution in [1.82, 2.24) is 10.3 Å². The van der Waals surface area contributed by atoms with Crippen LogP contribution in [-0.2, 0) is 16.0 Å². The molecule has 2 aliphatic heterocycles. The van der Waals surface area contributed by atoms with E-state index in [1.807, 2.05) is 12.1 Å². The van der Waals surface area contributed by atoms with Crippen LogP contribution in [0.1, 0.15) is 21.5 Å². The maximum absolute atomic E-state index is 12.5. The summed E-state index contributed by atoms with van der Waals surface area (Å²) in [6.07, 6.45) is 1.45. The Balaban J connectivity index is 1.41. The van der Waals surface area contributed by atoms with E-state index in [1.54, 1.807) is 18.2 Å². The molecular weight excluding hydrogens is 426 g/mol. The summed E-state index contributed by atoms with van der Waals surface area (Å²) in [5.74, 6) is -0.345. The zero-order valence-corrected chi connectivity index (χ0v) is 18.3. The van der Waals surface area contributed by atoms with E-state index in [2.05, 4.69) is 20.3 Å². The van der Waals surface area contributed by atoms with Gasteiger partial charge in [0.15, 0.2) is 0 Å². The monoisotopic (exact) mass is 453 g/mol. The normalized spacial score (nSPS) is 17.3. The quantitative estimate of drug-likeness (QED) is 0.388. The molecule has 0 aliphatic carbocycles. The Kier molecular flexibility index (Phi) is 7.61. The van der Waals surface area contributed by atoms with Crippen molar-refractivity contribution in [2.45, 2.75) is 6.54 Å². The van der Waals surface area contributed by atoms with Crippen LogP contribution >= 0.6 is 0 Å². The van der Waals surface area contributed by atoms with E-state index in [9.17, 15) is 14.9 Å². The number of rotatable bonds is 7. The Morgan fingerprint density at radius 2 is 1.70 bits per heavy atom. The second-order valence-electron chi connectivity index (χ2n) is 7.88. The molecular formula is C23H27N5O5. The van der Waals surface area contributed by atoms with Gasteiger partial charge in [-0.1, -0.05) is 12.1 Å². The fourth-order valence-corrected chi connectivity index (χ4v) is 3.86.